The van der Waals surface area contributed by atoms with Crippen LogP contribution < -0.4 is 5.73 Å². The molecule has 2 aromatic rings. The fourth-order valence-corrected chi connectivity index (χ4v) is 2.85. The van der Waals surface area contributed by atoms with Crippen LogP contribution in [-0.4, -0.2) is 5.11 Å². The monoisotopic (exact) mass is 275 g/mol. The van der Waals surface area contributed by atoms with Gasteiger partial charge in [0.15, 0.2) is 0 Å². The van der Waals surface area contributed by atoms with Gasteiger partial charge in [-0.1, -0.05) is 54.6 Å². The van der Waals surface area contributed by atoms with Crippen molar-refractivity contribution in [2.45, 2.75) is 18.6 Å². The lowest BCUT2D eigenvalue weighted by Gasteiger charge is -2.23. The van der Waals surface area contributed by atoms with Crippen LogP contribution in [0.1, 0.15) is 28.8 Å². The minimum atomic E-state index is -0.448. The SMILES string of the molecule is Cl.NC(c1ccccc1)[C@H]1Cc2ccccc2[C@H]1O. The Labute approximate surface area is 119 Å². The maximum Gasteiger partial charge on any atom is 0.0842 e. The summed E-state index contributed by atoms with van der Waals surface area (Å²) in [6, 6.07) is 18.0. The van der Waals surface area contributed by atoms with E-state index in [9.17, 15) is 5.11 Å². The minimum absolute atomic E-state index is 0. The van der Waals surface area contributed by atoms with Gasteiger partial charge in [-0.3, -0.25) is 0 Å². The van der Waals surface area contributed by atoms with Gasteiger partial charge in [0.25, 0.3) is 0 Å². The van der Waals surface area contributed by atoms with Crippen molar-refractivity contribution < 1.29 is 5.11 Å². The fourth-order valence-electron chi connectivity index (χ4n) is 2.85. The Morgan fingerprint density at radius 3 is 2.32 bits per heavy atom. The van der Waals surface area contributed by atoms with Gasteiger partial charge in [-0.2, -0.15) is 0 Å². The van der Waals surface area contributed by atoms with Gasteiger partial charge in [0.05, 0.1) is 6.10 Å². The van der Waals surface area contributed by atoms with Gasteiger partial charge in [-0.05, 0) is 23.1 Å². The Bertz CT molecular complexity index is 543. The Hall–Kier alpha value is -1.35. The maximum absolute atomic E-state index is 10.4. The Morgan fingerprint density at radius 1 is 1.00 bits per heavy atom. The third-order valence-electron chi connectivity index (χ3n) is 3.88. The molecule has 0 fully saturated rings. The van der Waals surface area contributed by atoms with Crippen LogP contribution in [-0.2, 0) is 6.42 Å². The van der Waals surface area contributed by atoms with E-state index in [1.54, 1.807) is 0 Å². The molecular formula is C16H18ClNO. The van der Waals surface area contributed by atoms with E-state index in [4.69, 9.17) is 5.73 Å². The number of aliphatic hydroxyl groups excluding tert-OH is 1. The zero-order valence-corrected chi connectivity index (χ0v) is 11.4. The largest absolute Gasteiger partial charge is 0.388 e. The first-order chi connectivity index (χ1) is 8.77. The standard InChI is InChI=1S/C16H17NO.ClH/c17-15(11-6-2-1-3-7-11)14-10-12-8-4-5-9-13(12)16(14)18;/h1-9,14-16,18H,10,17H2;1H/t14-,15?,16-;/m1./s1. The highest BCUT2D eigenvalue weighted by Crippen LogP contribution is 2.41. The number of nitrogens with two attached hydrogens (primary N) is 1. The maximum atomic E-state index is 10.4. The smallest absolute Gasteiger partial charge is 0.0842 e. The molecule has 0 saturated heterocycles. The molecule has 0 heterocycles. The first-order valence-electron chi connectivity index (χ1n) is 6.34. The summed E-state index contributed by atoms with van der Waals surface area (Å²) in [6.45, 7) is 0. The van der Waals surface area contributed by atoms with E-state index in [0.29, 0.717) is 0 Å². The number of aliphatic hydroxyl groups is 1. The summed E-state index contributed by atoms with van der Waals surface area (Å²) in [6.07, 6.45) is 0.407. The normalized spacial score (nSPS) is 22.4. The molecule has 2 aromatic carbocycles. The van der Waals surface area contributed by atoms with E-state index < -0.39 is 6.10 Å². The molecule has 3 rings (SSSR count). The highest BCUT2D eigenvalue weighted by molar-refractivity contribution is 5.85. The molecule has 0 aliphatic heterocycles. The van der Waals surface area contributed by atoms with E-state index >= 15 is 0 Å². The predicted molar refractivity (Wildman–Crippen MR) is 79.2 cm³/mol. The van der Waals surface area contributed by atoms with Crippen LogP contribution in [0.15, 0.2) is 54.6 Å². The molecule has 3 heteroatoms. The van der Waals surface area contributed by atoms with E-state index in [1.807, 2.05) is 48.5 Å². The summed E-state index contributed by atoms with van der Waals surface area (Å²) in [4.78, 5) is 0. The molecule has 2 nitrogen and oxygen atoms in total. The average Bonchev–Trinajstić information content (AvgIpc) is 2.77. The minimum Gasteiger partial charge on any atom is -0.388 e. The van der Waals surface area contributed by atoms with Crippen molar-refractivity contribution in [3.63, 3.8) is 0 Å². The van der Waals surface area contributed by atoms with Crippen LogP contribution in [0.5, 0.6) is 0 Å². The summed E-state index contributed by atoms with van der Waals surface area (Å²) in [7, 11) is 0. The zero-order chi connectivity index (χ0) is 12.5. The van der Waals surface area contributed by atoms with E-state index in [-0.39, 0.29) is 24.4 Å². The summed E-state index contributed by atoms with van der Waals surface area (Å²) in [5, 5.41) is 10.4. The number of halogens is 1. The molecule has 0 amide bonds. The summed E-state index contributed by atoms with van der Waals surface area (Å²) >= 11 is 0. The van der Waals surface area contributed by atoms with Crippen LogP contribution in [0.2, 0.25) is 0 Å². The van der Waals surface area contributed by atoms with Crippen molar-refractivity contribution in [1.29, 1.82) is 0 Å². The van der Waals surface area contributed by atoms with Crippen molar-refractivity contribution in [2.75, 3.05) is 0 Å². The molecule has 1 aliphatic carbocycles. The lowest BCUT2D eigenvalue weighted by Crippen LogP contribution is -2.24. The number of fused-ring (bicyclic) bond motifs is 1. The third kappa shape index (κ3) is 2.52. The van der Waals surface area contributed by atoms with E-state index in [2.05, 4.69) is 6.07 Å². The molecule has 0 radical (unpaired) electrons. The first-order valence-corrected chi connectivity index (χ1v) is 6.34. The van der Waals surface area contributed by atoms with Gasteiger partial charge in [0, 0.05) is 12.0 Å². The van der Waals surface area contributed by atoms with Gasteiger partial charge in [0.2, 0.25) is 0 Å². The molecule has 19 heavy (non-hydrogen) atoms. The Kier molecular flexibility index (Phi) is 4.25. The van der Waals surface area contributed by atoms with Gasteiger partial charge < -0.3 is 10.8 Å². The molecule has 0 spiro atoms. The topological polar surface area (TPSA) is 46.2 Å². The lowest BCUT2D eigenvalue weighted by atomic mass is 9.90. The highest BCUT2D eigenvalue weighted by atomic mass is 35.5. The molecular weight excluding hydrogens is 258 g/mol. The van der Waals surface area contributed by atoms with Gasteiger partial charge in [-0.25, -0.2) is 0 Å². The van der Waals surface area contributed by atoms with Crippen molar-refractivity contribution in [3.8, 4) is 0 Å². The zero-order valence-electron chi connectivity index (χ0n) is 10.6. The molecule has 3 N–H and O–H groups in total. The van der Waals surface area contributed by atoms with Crippen LogP contribution in [0.25, 0.3) is 0 Å². The number of hydrogen-bond acceptors (Lipinski definition) is 2. The second-order valence-electron chi connectivity index (χ2n) is 4.95. The fraction of sp³-hybridized carbons (Fsp3) is 0.250. The number of rotatable bonds is 2. The van der Waals surface area contributed by atoms with Crippen LogP contribution in [0.3, 0.4) is 0 Å². The van der Waals surface area contributed by atoms with Gasteiger partial charge in [-0.15, -0.1) is 12.4 Å². The van der Waals surface area contributed by atoms with Crippen LogP contribution in [0, 0.1) is 5.92 Å². The summed E-state index contributed by atoms with van der Waals surface area (Å²) in [5.41, 5.74) is 9.66. The summed E-state index contributed by atoms with van der Waals surface area (Å²) in [5.74, 6) is 0.0739. The van der Waals surface area contributed by atoms with Crippen LogP contribution in [0.4, 0.5) is 0 Å². The van der Waals surface area contributed by atoms with Crippen molar-refractivity contribution in [1.82, 2.24) is 0 Å². The molecule has 3 atom stereocenters. The second-order valence-corrected chi connectivity index (χ2v) is 4.95. The van der Waals surface area contributed by atoms with Crippen molar-refractivity contribution in [2.24, 2.45) is 11.7 Å². The molecule has 100 valence electrons. The Morgan fingerprint density at radius 2 is 1.63 bits per heavy atom. The van der Waals surface area contributed by atoms with E-state index in [0.717, 1.165) is 17.5 Å². The predicted octanol–water partition coefficient (Wildman–Crippen LogP) is 3.01. The summed E-state index contributed by atoms with van der Waals surface area (Å²) < 4.78 is 0. The van der Waals surface area contributed by atoms with Gasteiger partial charge >= 0.3 is 0 Å². The highest BCUT2D eigenvalue weighted by Gasteiger charge is 2.35. The molecule has 0 bridgehead atoms. The number of benzene rings is 2. The van der Waals surface area contributed by atoms with Crippen LogP contribution >= 0.6 is 12.4 Å². The Balaban J connectivity index is 0.00000133. The second kappa shape index (κ2) is 5.74. The molecule has 1 aliphatic rings. The average molecular weight is 276 g/mol. The lowest BCUT2D eigenvalue weighted by molar-refractivity contribution is 0.108. The third-order valence-corrected chi connectivity index (χ3v) is 3.88. The molecule has 1 unspecified atom stereocenters. The van der Waals surface area contributed by atoms with E-state index in [1.165, 1.54) is 5.56 Å². The molecule has 0 saturated carbocycles. The number of hydrogen-bond donors (Lipinski definition) is 2. The first kappa shape index (κ1) is 14.1. The van der Waals surface area contributed by atoms with Crippen molar-refractivity contribution in [3.05, 3.63) is 71.3 Å². The quantitative estimate of drug-likeness (QED) is 0.885. The van der Waals surface area contributed by atoms with Gasteiger partial charge in [0.1, 0.15) is 0 Å². The molecule has 0 aromatic heterocycles. The van der Waals surface area contributed by atoms with Crippen molar-refractivity contribution >= 4 is 12.4 Å².